The zero-order chi connectivity index (χ0) is 12.3. The number of likely N-dealkylation sites (N-methyl/N-ethyl adjacent to an activating group) is 2. The fourth-order valence-electron chi connectivity index (χ4n) is 2.64. The molecule has 1 aliphatic carbocycles. The van der Waals surface area contributed by atoms with Gasteiger partial charge in [0.2, 0.25) is 0 Å². The van der Waals surface area contributed by atoms with Crippen LogP contribution in [0, 0.1) is 0 Å². The summed E-state index contributed by atoms with van der Waals surface area (Å²) in [7, 11) is 6.29. The van der Waals surface area contributed by atoms with Crippen LogP contribution in [-0.4, -0.2) is 87.3 Å². The highest BCUT2D eigenvalue weighted by Crippen LogP contribution is 2.26. The summed E-state index contributed by atoms with van der Waals surface area (Å²) in [6, 6.07) is 0.757. The Morgan fingerprint density at radius 3 is 2.41 bits per heavy atom. The van der Waals surface area contributed by atoms with E-state index < -0.39 is 0 Å². The van der Waals surface area contributed by atoms with Crippen LogP contribution in [0.2, 0.25) is 0 Å². The summed E-state index contributed by atoms with van der Waals surface area (Å²) in [6.45, 7) is 7.33. The predicted octanol–water partition coefficient (Wildman–Crippen LogP) is 0.343. The lowest BCUT2D eigenvalue weighted by Gasteiger charge is -2.41. The van der Waals surface area contributed by atoms with Gasteiger partial charge in [-0.15, -0.1) is 0 Å². The molecule has 0 radical (unpaired) electrons. The highest BCUT2D eigenvalue weighted by molar-refractivity contribution is 4.87. The summed E-state index contributed by atoms with van der Waals surface area (Å²) >= 11 is 0. The molecule has 0 aromatic carbocycles. The smallest absolute Gasteiger partial charge is 0.0601 e. The topological polar surface area (TPSA) is 19.0 Å². The van der Waals surface area contributed by atoms with Gasteiger partial charge in [0.05, 0.1) is 6.10 Å². The molecule has 1 aliphatic heterocycles. The van der Waals surface area contributed by atoms with E-state index in [9.17, 15) is 0 Å². The molecule has 0 spiro atoms. The van der Waals surface area contributed by atoms with Crippen molar-refractivity contribution < 1.29 is 4.74 Å². The maximum absolute atomic E-state index is 5.33. The van der Waals surface area contributed by atoms with Gasteiger partial charge in [-0.3, -0.25) is 4.90 Å². The first-order valence-electron chi connectivity index (χ1n) is 6.83. The first-order valence-corrected chi connectivity index (χ1v) is 6.83. The molecule has 0 atom stereocenters. The number of hydrogen-bond acceptors (Lipinski definition) is 4. The SMILES string of the molecule is CO[C@H]1C[C@@H](N(C)CCN2CCN(C)CC2)C1. The molecule has 4 nitrogen and oxygen atoms in total. The molecular weight excluding hydrogens is 214 g/mol. The Hall–Kier alpha value is -0.160. The van der Waals surface area contributed by atoms with Crippen molar-refractivity contribution in [2.24, 2.45) is 0 Å². The van der Waals surface area contributed by atoms with Gasteiger partial charge in [-0.2, -0.15) is 0 Å². The van der Waals surface area contributed by atoms with Crippen LogP contribution in [0.4, 0.5) is 0 Å². The number of piperazine rings is 1. The molecule has 0 N–H and O–H groups in total. The third-order valence-electron chi connectivity index (χ3n) is 4.39. The normalized spacial score (nSPS) is 31.8. The molecule has 1 saturated carbocycles. The first kappa shape index (κ1) is 13.3. The van der Waals surface area contributed by atoms with Crippen molar-refractivity contribution >= 4 is 0 Å². The van der Waals surface area contributed by atoms with E-state index in [4.69, 9.17) is 4.74 Å². The standard InChI is InChI=1S/C13H27N3O/c1-14-4-7-16(8-5-14)9-6-15(2)12-10-13(11-12)17-3/h12-13H,4-11H2,1-3H3/t12-,13+. The van der Waals surface area contributed by atoms with Crippen LogP contribution in [0.5, 0.6) is 0 Å². The summed E-state index contributed by atoms with van der Waals surface area (Å²) in [5, 5.41) is 0. The minimum absolute atomic E-state index is 0.520. The third kappa shape index (κ3) is 3.65. The molecule has 0 unspecified atom stereocenters. The van der Waals surface area contributed by atoms with Gasteiger partial charge in [0.15, 0.2) is 0 Å². The van der Waals surface area contributed by atoms with Gasteiger partial charge in [-0.25, -0.2) is 0 Å². The lowest BCUT2D eigenvalue weighted by molar-refractivity contribution is -0.0219. The van der Waals surface area contributed by atoms with E-state index in [1.165, 1.54) is 52.1 Å². The van der Waals surface area contributed by atoms with Crippen molar-refractivity contribution in [2.45, 2.75) is 25.0 Å². The molecule has 0 aromatic rings. The zero-order valence-corrected chi connectivity index (χ0v) is 11.6. The van der Waals surface area contributed by atoms with Crippen LogP contribution in [0.25, 0.3) is 0 Å². The van der Waals surface area contributed by atoms with Gasteiger partial charge in [-0.05, 0) is 26.9 Å². The van der Waals surface area contributed by atoms with Gasteiger partial charge in [0, 0.05) is 52.4 Å². The molecular formula is C13H27N3O. The van der Waals surface area contributed by atoms with Gasteiger partial charge in [-0.1, -0.05) is 0 Å². The summed E-state index contributed by atoms with van der Waals surface area (Å²) in [5.41, 5.74) is 0. The van der Waals surface area contributed by atoms with Crippen LogP contribution in [-0.2, 0) is 4.74 Å². The van der Waals surface area contributed by atoms with Crippen LogP contribution in [0.1, 0.15) is 12.8 Å². The summed E-state index contributed by atoms with van der Waals surface area (Å²) in [4.78, 5) is 7.51. The lowest BCUT2D eigenvalue weighted by atomic mass is 9.88. The maximum atomic E-state index is 5.33. The second kappa shape index (κ2) is 6.14. The van der Waals surface area contributed by atoms with Crippen molar-refractivity contribution in [3.63, 3.8) is 0 Å². The Kier molecular flexibility index (Phi) is 4.79. The molecule has 2 fully saturated rings. The zero-order valence-electron chi connectivity index (χ0n) is 11.6. The molecule has 0 amide bonds. The van der Waals surface area contributed by atoms with E-state index in [0.717, 1.165) is 6.04 Å². The number of rotatable bonds is 5. The monoisotopic (exact) mass is 241 g/mol. The van der Waals surface area contributed by atoms with Crippen molar-refractivity contribution in [1.29, 1.82) is 0 Å². The second-order valence-electron chi connectivity index (χ2n) is 5.61. The third-order valence-corrected chi connectivity index (χ3v) is 4.39. The molecule has 17 heavy (non-hydrogen) atoms. The van der Waals surface area contributed by atoms with E-state index in [0.29, 0.717) is 6.10 Å². The maximum Gasteiger partial charge on any atom is 0.0601 e. The fourth-order valence-corrected chi connectivity index (χ4v) is 2.64. The molecule has 4 heteroatoms. The van der Waals surface area contributed by atoms with E-state index in [2.05, 4.69) is 28.8 Å². The molecule has 100 valence electrons. The number of methoxy groups -OCH3 is 1. The fraction of sp³-hybridized carbons (Fsp3) is 1.00. The lowest BCUT2D eigenvalue weighted by Crippen LogP contribution is -2.50. The summed E-state index contributed by atoms with van der Waals surface area (Å²) < 4.78 is 5.33. The Morgan fingerprint density at radius 2 is 1.82 bits per heavy atom. The average Bonchev–Trinajstić information content (AvgIpc) is 2.27. The number of hydrogen-bond donors (Lipinski definition) is 0. The van der Waals surface area contributed by atoms with E-state index in [1.807, 2.05) is 7.11 Å². The van der Waals surface area contributed by atoms with Gasteiger partial charge in [0.25, 0.3) is 0 Å². The average molecular weight is 241 g/mol. The van der Waals surface area contributed by atoms with E-state index in [-0.39, 0.29) is 0 Å². The van der Waals surface area contributed by atoms with Gasteiger partial charge < -0.3 is 14.5 Å². The highest BCUT2D eigenvalue weighted by atomic mass is 16.5. The molecule has 2 aliphatic rings. The Labute approximate surface area is 105 Å². The Bertz CT molecular complexity index is 223. The minimum Gasteiger partial charge on any atom is -0.381 e. The van der Waals surface area contributed by atoms with Crippen LogP contribution >= 0.6 is 0 Å². The van der Waals surface area contributed by atoms with Gasteiger partial charge in [0.1, 0.15) is 0 Å². The largest absolute Gasteiger partial charge is 0.381 e. The highest BCUT2D eigenvalue weighted by Gasteiger charge is 2.31. The number of ether oxygens (including phenoxy) is 1. The van der Waals surface area contributed by atoms with Crippen molar-refractivity contribution in [2.75, 3.05) is 60.5 Å². The van der Waals surface area contributed by atoms with E-state index >= 15 is 0 Å². The Morgan fingerprint density at radius 1 is 1.18 bits per heavy atom. The summed E-state index contributed by atoms with van der Waals surface area (Å²) in [6.07, 6.45) is 2.96. The Balaban J connectivity index is 1.58. The van der Waals surface area contributed by atoms with Crippen molar-refractivity contribution in [3.8, 4) is 0 Å². The second-order valence-corrected chi connectivity index (χ2v) is 5.61. The number of nitrogens with zero attached hydrogens (tertiary/aromatic N) is 3. The first-order chi connectivity index (χ1) is 8.19. The molecule has 1 saturated heterocycles. The molecule has 2 rings (SSSR count). The minimum atomic E-state index is 0.520. The predicted molar refractivity (Wildman–Crippen MR) is 70.4 cm³/mol. The van der Waals surface area contributed by atoms with Crippen molar-refractivity contribution in [1.82, 2.24) is 14.7 Å². The van der Waals surface area contributed by atoms with Gasteiger partial charge >= 0.3 is 0 Å². The molecule has 0 bridgehead atoms. The van der Waals surface area contributed by atoms with Crippen LogP contribution < -0.4 is 0 Å². The van der Waals surface area contributed by atoms with Crippen LogP contribution in [0.3, 0.4) is 0 Å². The summed E-state index contributed by atoms with van der Waals surface area (Å²) in [5.74, 6) is 0. The van der Waals surface area contributed by atoms with Crippen LogP contribution in [0.15, 0.2) is 0 Å². The van der Waals surface area contributed by atoms with E-state index in [1.54, 1.807) is 0 Å². The quantitative estimate of drug-likeness (QED) is 0.691. The molecule has 0 aromatic heterocycles. The molecule has 1 heterocycles. The van der Waals surface area contributed by atoms with Crippen molar-refractivity contribution in [3.05, 3.63) is 0 Å².